The number of carbonyl (C=O) groups excluding carboxylic acids is 1. The molecule has 4 rings (SSSR count). The molecule has 1 fully saturated rings. The molecular weight excluding hydrogens is 343 g/mol. The standard InChI is InChI=1S/C21H21FN4O/c22-19-4-1-3-18(11-19)21(9-2-10-21)20(27)24-12-16-5-7-17(8-6-16)13-26-15-23-14-25-26/h1,3-8,11,14-15H,2,9-10,12-13H2,(H,24,27). The molecule has 0 saturated heterocycles. The van der Waals surface area contributed by atoms with Crippen LogP contribution in [-0.2, 0) is 23.3 Å². The van der Waals surface area contributed by atoms with Crippen molar-refractivity contribution in [1.82, 2.24) is 20.1 Å². The quantitative estimate of drug-likeness (QED) is 0.731. The van der Waals surface area contributed by atoms with Crippen LogP contribution in [0.4, 0.5) is 4.39 Å². The lowest BCUT2D eigenvalue weighted by Gasteiger charge is -2.40. The molecular formula is C21H21FN4O. The first-order valence-corrected chi connectivity index (χ1v) is 9.10. The van der Waals surface area contributed by atoms with Crippen LogP contribution >= 0.6 is 0 Å². The van der Waals surface area contributed by atoms with Gasteiger partial charge in [-0.05, 0) is 41.7 Å². The van der Waals surface area contributed by atoms with Crippen LogP contribution < -0.4 is 5.32 Å². The molecule has 0 spiro atoms. The van der Waals surface area contributed by atoms with Crippen molar-refractivity contribution in [3.63, 3.8) is 0 Å². The molecule has 3 aromatic rings. The van der Waals surface area contributed by atoms with Gasteiger partial charge < -0.3 is 5.32 Å². The van der Waals surface area contributed by atoms with Gasteiger partial charge in [-0.2, -0.15) is 5.10 Å². The monoisotopic (exact) mass is 364 g/mol. The molecule has 1 amide bonds. The van der Waals surface area contributed by atoms with Gasteiger partial charge in [0.05, 0.1) is 12.0 Å². The summed E-state index contributed by atoms with van der Waals surface area (Å²) in [6, 6.07) is 14.5. The number of hydrogen-bond donors (Lipinski definition) is 1. The van der Waals surface area contributed by atoms with E-state index in [1.54, 1.807) is 17.1 Å². The number of aromatic nitrogens is 3. The summed E-state index contributed by atoms with van der Waals surface area (Å²) < 4.78 is 15.4. The fraction of sp³-hybridized carbons (Fsp3) is 0.286. The summed E-state index contributed by atoms with van der Waals surface area (Å²) in [5.74, 6) is -0.319. The highest BCUT2D eigenvalue weighted by Crippen LogP contribution is 2.44. The van der Waals surface area contributed by atoms with E-state index in [9.17, 15) is 9.18 Å². The Labute approximate surface area is 157 Å². The SMILES string of the molecule is O=C(NCc1ccc(Cn2cncn2)cc1)C1(c2cccc(F)c2)CCC1. The van der Waals surface area contributed by atoms with Crippen LogP contribution in [0.1, 0.15) is 36.0 Å². The van der Waals surface area contributed by atoms with Crippen molar-refractivity contribution in [3.05, 3.63) is 83.7 Å². The van der Waals surface area contributed by atoms with E-state index in [1.807, 2.05) is 30.3 Å². The van der Waals surface area contributed by atoms with Crippen molar-refractivity contribution in [2.45, 2.75) is 37.8 Å². The molecule has 0 radical (unpaired) electrons. The summed E-state index contributed by atoms with van der Waals surface area (Å²) in [6.45, 7) is 1.12. The number of hydrogen-bond acceptors (Lipinski definition) is 3. The van der Waals surface area contributed by atoms with Crippen molar-refractivity contribution in [2.24, 2.45) is 0 Å². The molecule has 0 aliphatic heterocycles. The largest absolute Gasteiger partial charge is 0.351 e. The van der Waals surface area contributed by atoms with E-state index >= 15 is 0 Å². The van der Waals surface area contributed by atoms with Gasteiger partial charge in [0.15, 0.2) is 0 Å². The molecule has 1 aromatic heterocycles. The van der Waals surface area contributed by atoms with Crippen LogP contribution in [0, 0.1) is 5.82 Å². The maximum Gasteiger partial charge on any atom is 0.230 e. The van der Waals surface area contributed by atoms with Gasteiger partial charge >= 0.3 is 0 Å². The van der Waals surface area contributed by atoms with Gasteiger partial charge in [-0.3, -0.25) is 4.79 Å². The van der Waals surface area contributed by atoms with Gasteiger partial charge in [-0.15, -0.1) is 0 Å². The lowest BCUT2D eigenvalue weighted by atomic mass is 9.64. The van der Waals surface area contributed by atoms with Crippen LogP contribution in [0.3, 0.4) is 0 Å². The Balaban J connectivity index is 1.40. The Morgan fingerprint density at radius 2 is 1.93 bits per heavy atom. The van der Waals surface area contributed by atoms with Crippen LogP contribution in [-0.4, -0.2) is 20.7 Å². The average Bonchev–Trinajstić information content (AvgIpc) is 3.13. The van der Waals surface area contributed by atoms with E-state index in [0.29, 0.717) is 13.1 Å². The van der Waals surface area contributed by atoms with Crippen molar-refractivity contribution in [1.29, 1.82) is 0 Å². The normalized spacial score (nSPS) is 15.1. The van der Waals surface area contributed by atoms with Gasteiger partial charge in [0.1, 0.15) is 18.5 Å². The van der Waals surface area contributed by atoms with Crippen LogP contribution in [0.25, 0.3) is 0 Å². The number of halogens is 1. The molecule has 6 heteroatoms. The lowest BCUT2D eigenvalue weighted by molar-refractivity contribution is -0.130. The summed E-state index contributed by atoms with van der Waals surface area (Å²) in [6.07, 6.45) is 5.70. The van der Waals surface area contributed by atoms with Crippen molar-refractivity contribution >= 4 is 5.91 Å². The Morgan fingerprint density at radius 1 is 1.15 bits per heavy atom. The number of rotatable bonds is 6. The minimum atomic E-state index is -0.588. The maximum absolute atomic E-state index is 13.6. The molecule has 1 aliphatic rings. The van der Waals surface area contributed by atoms with Crippen LogP contribution in [0.2, 0.25) is 0 Å². The van der Waals surface area contributed by atoms with E-state index in [-0.39, 0.29) is 11.7 Å². The highest BCUT2D eigenvalue weighted by molar-refractivity contribution is 5.89. The predicted octanol–water partition coefficient (Wildman–Crippen LogP) is 3.20. The number of amides is 1. The Kier molecular flexibility index (Phi) is 4.71. The minimum Gasteiger partial charge on any atom is -0.351 e. The predicted molar refractivity (Wildman–Crippen MR) is 99.3 cm³/mol. The molecule has 1 aliphatic carbocycles. The Hall–Kier alpha value is -3.02. The summed E-state index contributed by atoms with van der Waals surface area (Å²) in [5.41, 5.74) is 2.33. The second-order valence-electron chi connectivity index (χ2n) is 7.04. The number of carbonyl (C=O) groups is 1. The first-order chi connectivity index (χ1) is 13.2. The molecule has 1 saturated carbocycles. The van der Waals surface area contributed by atoms with Gasteiger partial charge in [-0.25, -0.2) is 14.1 Å². The third kappa shape index (κ3) is 3.60. The second kappa shape index (κ2) is 7.31. The summed E-state index contributed by atoms with van der Waals surface area (Å²) >= 11 is 0. The minimum absolute atomic E-state index is 0.0222. The molecule has 27 heavy (non-hydrogen) atoms. The molecule has 138 valence electrons. The van der Waals surface area contributed by atoms with E-state index in [1.165, 1.54) is 18.5 Å². The van der Waals surface area contributed by atoms with E-state index in [0.717, 1.165) is 36.0 Å². The van der Waals surface area contributed by atoms with Gasteiger partial charge in [0.2, 0.25) is 5.91 Å². The molecule has 0 atom stereocenters. The fourth-order valence-corrected chi connectivity index (χ4v) is 3.58. The van der Waals surface area contributed by atoms with Gasteiger partial charge in [0.25, 0.3) is 0 Å². The third-order valence-electron chi connectivity index (χ3n) is 5.31. The average molecular weight is 364 g/mol. The van der Waals surface area contributed by atoms with Gasteiger partial charge in [0, 0.05) is 6.54 Å². The zero-order valence-electron chi connectivity index (χ0n) is 14.9. The third-order valence-corrected chi connectivity index (χ3v) is 5.31. The zero-order valence-corrected chi connectivity index (χ0v) is 14.9. The Morgan fingerprint density at radius 3 is 2.56 bits per heavy atom. The van der Waals surface area contributed by atoms with E-state index in [2.05, 4.69) is 15.4 Å². The van der Waals surface area contributed by atoms with Gasteiger partial charge in [-0.1, -0.05) is 42.8 Å². The first-order valence-electron chi connectivity index (χ1n) is 9.10. The number of nitrogens with one attached hydrogen (secondary N) is 1. The van der Waals surface area contributed by atoms with Crippen molar-refractivity contribution in [3.8, 4) is 0 Å². The topological polar surface area (TPSA) is 59.8 Å². The maximum atomic E-state index is 13.6. The fourth-order valence-electron chi connectivity index (χ4n) is 3.58. The molecule has 1 heterocycles. The van der Waals surface area contributed by atoms with Crippen molar-refractivity contribution < 1.29 is 9.18 Å². The Bertz CT molecular complexity index is 918. The molecule has 0 unspecified atom stereocenters. The zero-order chi connectivity index (χ0) is 18.7. The summed E-state index contributed by atoms with van der Waals surface area (Å²) in [5, 5.41) is 7.13. The number of nitrogens with zero attached hydrogens (tertiary/aromatic N) is 3. The molecule has 2 aromatic carbocycles. The highest BCUT2D eigenvalue weighted by Gasteiger charge is 2.45. The van der Waals surface area contributed by atoms with Crippen molar-refractivity contribution in [2.75, 3.05) is 0 Å². The lowest BCUT2D eigenvalue weighted by Crippen LogP contribution is -2.49. The van der Waals surface area contributed by atoms with Crippen LogP contribution in [0.5, 0.6) is 0 Å². The van der Waals surface area contributed by atoms with E-state index < -0.39 is 5.41 Å². The number of benzene rings is 2. The summed E-state index contributed by atoms with van der Waals surface area (Å²) in [7, 11) is 0. The second-order valence-corrected chi connectivity index (χ2v) is 7.04. The molecule has 1 N–H and O–H groups in total. The molecule has 0 bridgehead atoms. The first kappa shape index (κ1) is 17.4. The smallest absolute Gasteiger partial charge is 0.230 e. The van der Waals surface area contributed by atoms with Crippen LogP contribution in [0.15, 0.2) is 61.2 Å². The summed E-state index contributed by atoms with van der Waals surface area (Å²) in [4.78, 5) is 16.8. The van der Waals surface area contributed by atoms with E-state index in [4.69, 9.17) is 0 Å². The highest BCUT2D eigenvalue weighted by atomic mass is 19.1. The molecule has 5 nitrogen and oxygen atoms in total.